The summed E-state index contributed by atoms with van der Waals surface area (Å²) in [6.07, 6.45) is 2.36. The summed E-state index contributed by atoms with van der Waals surface area (Å²) in [4.78, 5) is 2.52. The zero-order valence-electron chi connectivity index (χ0n) is 12.2. The number of nitrogens with zero attached hydrogens (tertiary/aromatic N) is 1. The normalized spacial score (nSPS) is 11.1. The van der Waals surface area contributed by atoms with Crippen LogP contribution in [0.1, 0.15) is 38.3 Å². The summed E-state index contributed by atoms with van der Waals surface area (Å²) in [6.45, 7) is 12.2. The van der Waals surface area contributed by atoms with Crippen LogP contribution < -0.4 is 5.32 Å². The highest BCUT2D eigenvalue weighted by atomic mass is 15.1. The Morgan fingerprint density at radius 1 is 1.06 bits per heavy atom. The van der Waals surface area contributed by atoms with Crippen molar-refractivity contribution in [1.82, 2.24) is 10.2 Å². The fourth-order valence-electron chi connectivity index (χ4n) is 2.26. The van der Waals surface area contributed by atoms with Gasteiger partial charge in [0.05, 0.1) is 0 Å². The molecule has 0 aromatic heterocycles. The standard InChI is InChI=1S/C16H28N2/c1-4-13-18(6-3)14-16-10-8-7-9-15(16)11-12-17-5-2/h7-10,17H,4-6,11-14H2,1-3H3. The van der Waals surface area contributed by atoms with E-state index in [2.05, 4.69) is 55.3 Å². The molecule has 1 aromatic rings. The van der Waals surface area contributed by atoms with Crippen molar-refractivity contribution in [2.24, 2.45) is 0 Å². The van der Waals surface area contributed by atoms with Crippen LogP contribution >= 0.6 is 0 Å². The van der Waals surface area contributed by atoms with Gasteiger partial charge >= 0.3 is 0 Å². The van der Waals surface area contributed by atoms with Crippen LogP contribution in [-0.2, 0) is 13.0 Å². The Kier molecular flexibility index (Phi) is 7.70. The lowest BCUT2D eigenvalue weighted by molar-refractivity contribution is 0.280. The SMILES string of the molecule is CCCN(CC)Cc1ccccc1CCNCC. The van der Waals surface area contributed by atoms with Crippen LogP contribution in [0.3, 0.4) is 0 Å². The third-order valence-corrected chi connectivity index (χ3v) is 3.32. The molecule has 0 aliphatic carbocycles. The Balaban J connectivity index is 2.62. The minimum Gasteiger partial charge on any atom is -0.317 e. The summed E-state index contributed by atoms with van der Waals surface area (Å²) in [7, 11) is 0. The average Bonchev–Trinajstić information content (AvgIpc) is 2.40. The number of hydrogen-bond acceptors (Lipinski definition) is 2. The van der Waals surface area contributed by atoms with Gasteiger partial charge < -0.3 is 5.32 Å². The molecule has 0 spiro atoms. The Morgan fingerprint density at radius 3 is 2.39 bits per heavy atom. The molecule has 18 heavy (non-hydrogen) atoms. The largest absolute Gasteiger partial charge is 0.317 e. The number of likely N-dealkylation sites (N-methyl/N-ethyl adjacent to an activating group) is 1. The number of benzene rings is 1. The monoisotopic (exact) mass is 248 g/mol. The highest BCUT2D eigenvalue weighted by Crippen LogP contribution is 2.12. The van der Waals surface area contributed by atoms with Crippen LogP contribution in [0, 0.1) is 0 Å². The molecule has 2 nitrogen and oxygen atoms in total. The van der Waals surface area contributed by atoms with Gasteiger partial charge in [0.15, 0.2) is 0 Å². The molecule has 0 unspecified atom stereocenters. The van der Waals surface area contributed by atoms with Gasteiger partial charge in [-0.3, -0.25) is 4.90 Å². The molecule has 1 N–H and O–H groups in total. The molecule has 1 aromatic carbocycles. The van der Waals surface area contributed by atoms with E-state index in [1.165, 1.54) is 24.1 Å². The molecule has 1 rings (SSSR count). The van der Waals surface area contributed by atoms with Gasteiger partial charge in [0.25, 0.3) is 0 Å². The van der Waals surface area contributed by atoms with Gasteiger partial charge in [-0.2, -0.15) is 0 Å². The van der Waals surface area contributed by atoms with E-state index >= 15 is 0 Å². The summed E-state index contributed by atoms with van der Waals surface area (Å²) >= 11 is 0. The van der Waals surface area contributed by atoms with Crippen molar-refractivity contribution < 1.29 is 0 Å². The zero-order valence-corrected chi connectivity index (χ0v) is 12.2. The second kappa shape index (κ2) is 9.12. The first-order chi connectivity index (χ1) is 8.81. The first kappa shape index (κ1) is 15.2. The van der Waals surface area contributed by atoms with E-state index in [0.717, 1.165) is 32.6 Å². The minimum atomic E-state index is 1.05. The van der Waals surface area contributed by atoms with Crippen LogP contribution in [0.25, 0.3) is 0 Å². The molecule has 0 saturated carbocycles. The van der Waals surface area contributed by atoms with Crippen molar-refractivity contribution >= 4 is 0 Å². The lowest BCUT2D eigenvalue weighted by atomic mass is 10.0. The van der Waals surface area contributed by atoms with Crippen LogP contribution in [0.15, 0.2) is 24.3 Å². The van der Waals surface area contributed by atoms with E-state index in [-0.39, 0.29) is 0 Å². The van der Waals surface area contributed by atoms with E-state index < -0.39 is 0 Å². The molecule has 0 amide bonds. The maximum absolute atomic E-state index is 3.40. The van der Waals surface area contributed by atoms with Crippen LogP contribution in [0.4, 0.5) is 0 Å². The smallest absolute Gasteiger partial charge is 0.0236 e. The quantitative estimate of drug-likeness (QED) is 0.676. The van der Waals surface area contributed by atoms with Crippen molar-refractivity contribution in [3.05, 3.63) is 35.4 Å². The van der Waals surface area contributed by atoms with Crippen molar-refractivity contribution in [3.63, 3.8) is 0 Å². The molecule has 102 valence electrons. The number of rotatable bonds is 9. The third kappa shape index (κ3) is 5.19. The van der Waals surface area contributed by atoms with Gasteiger partial charge in [-0.05, 0) is 50.1 Å². The summed E-state index contributed by atoms with van der Waals surface area (Å²) in [6, 6.07) is 8.86. The molecule has 0 radical (unpaired) electrons. The van der Waals surface area contributed by atoms with Gasteiger partial charge in [0.2, 0.25) is 0 Å². The number of nitrogens with one attached hydrogen (secondary N) is 1. The highest BCUT2D eigenvalue weighted by Gasteiger charge is 2.06. The van der Waals surface area contributed by atoms with Crippen LogP contribution in [0.5, 0.6) is 0 Å². The van der Waals surface area contributed by atoms with Crippen LogP contribution in [-0.4, -0.2) is 31.1 Å². The molecule has 0 saturated heterocycles. The fourth-order valence-corrected chi connectivity index (χ4v) is 2.26. The molecule has 0 aliphatic rings. The van der Waals surface area contributed by atoms with Crippen LogP contribution in [0.2, 0.25) is 0 Å². The second-order valence-corrected chi connectivity index (χ2v) is 4.74. The topological polar surface area (TPSA) is 15.3 Å². The molecular weight excluding hydrogens is 220 g/mol. The Hall–Kier alpha value is -0.860. The summed E-state index contributed by atoms with van der Waals surface area (Å²) in [5, 5.41) is 3.40. The van der Waals surface area contributed by atoms with Crippen molar-refractivity contribution in [3.8, 4) is 0 Å². The predicted octanol–water partition coefficient (Wildman–Crippen LogP) is 3.07. The maximum Gasteiger partial charge on any atom is 0.0236 e. The van der Waals surface area contributed by atoms with Gasteiger partial charge in [0.1, 0.15) is 0 Å². The van der Waals surface area contributed by atoms with Gasteiger partial charge in [-0.15, -0.1) is 0 Å². The number of hydrogen-bond donors (Lipinski definition) is 1. The van der Waals surface area contributed by atoms with Gasteiger partial charge in [-0.25, -0.2) is 0 Å². The molecular formula is C16H28N2. The summed E-state index contributed by atoms with van der Waals surface area (Å²) in [5.74, 6) is 0. The Labute approximate surface area is 112 Å². The molecule has 0 heterocycles. The molecule has 2 heteroatoms. The lowest BCUT2D eigenvalue weighted by Crippen LogP contribution is -2.24. The van der Waals surface area contributed by atoms with Gasteiger partial charge in [-0.1, -0.05) is 45.0 Å². The van der Waals surface area contributed by atoms with E-state index in [4.69, 9.17) is 0 Å². The van der Waals surface area contributed by atoms with Crippen molar-refractivity contribution in [2.45, 2.75) is 40.2 Å². The van der Waals surface area contributed by atoms with E-state index in [1.54, 1.807) is 0 Å². The average molecular weight is 248 g/mol. The summed E-state index contributed by atoms with van der Waals surface area (Å²) < 4.78 is 0. The van der Waals surface area contributed by atoms with E-state index in [0.29, 0.717) is 0 Å². The maximum atomic E-state index is 3.40. The van der Waals surface area contributed by atoms with E-state index in [1.807, 2.05) is 0 Å². The molecule has 0 fully saturated rings. The third-order valence-electron chi connectivity index (χ3n) is 3.32. The highest BCUT2D eigenvalue weighted by molar-refractivity contribution is 5.27. The fraction of sp³-hybridized carbons (Fsp3) is 0.625. The second-order valence-electron chi connectivity index (χ2n) is 4.74. The minimum absolute atomic E-state index is 1.05. The lowest BCUT2D eigenvalue weighted by Gasteiger charge is -2.21. The zero-order chi connectivity index (χ0) is 13.2. The summed E-state index contributed by atoms with van der Waals surface area (Å²) in [5.41, 5.74) is 2.98. The first-order valence-electron chi connectivity index (χ1n) is 7.31. The van der Waals surface area contributed by atoms with Crippen molar-refractivity contribution in [1.29, 1.82) is 0 Å². The van der Waals surface area contributed by atoms with E-state index in [9.17, 15) is 0 Å². The molecule has 0 bridgehead atoms. The van der Waals surface area contributed by atoms with Crippen molar-refractivity contribution in [2.75, 3.05) is 26.2 Å². The Bertz CT molecular complexity index is 323. The molecule has 0 atom stereocenters. The predicted molar refractivity (Wildman–Crippen MR) is 79.9 cm³/mol. The first-order valence-corrected chi connectivity index (χ1v) is 7.31. The molecule has 0 aliphatic heterocycles. The Morgan fingerprint density at radius 2 is 1.78 bits per heavy atom. The van der Waals surface area contributed by atoms with Gasteiger partial charge in [0, 0.05) is 6.54 Å².